The van der Waals surface area contributed by atoms with Crippen molar-refractivity contribution < 1.29 is 0 Å². The Balaban J connectivity index is 1.55. The number of thioether (sulfide) groups is 1. The number of nitrogens with zero attached hydrogens (tertiary/aromatic N) is 3. The molecule has 0 spiro atoms. The molecule has 0 saturated carbocycles. The van der Waals surface area contributed by atoms with Crippen LogP contribution >= 0.6 is 11.8 Å². The van der Waals surface area contributed by atoms with Gasteiger partial charge in [-0.25, -0.2) is 0 Å². The van der Waals surface area contributed by atoms with Crippen molar-refractivity contribution in [2.75, 3.05) is 17.6 Å². The van der Waals surface area contributed by atoms with Crippen LogP contribution in [0.25, 0.3) is 5.65 Å². The molecule has 0 amide bonds. The van der Waals surface area contributed by atoms with Crippen molar-refractivity contribution in [2.24, 2.45) is 0 Å². The second-order valence-corrected chi connectivity index (χ2v) is 5.62. The number of pyridine rings is 1. The van der Waals surface area contributed by atoms with Gasteiger partial charge >= 0.3 is 0 Å². The van der Waals surface area contributed by atoms with Gasteiger partial charge in [0.2, 0.25) is 0 Å². The average molecular weight is 284 g/mol. The standard InChI is InChI=1S/C15H16N4S/c1-12-5-4-6-13(11-12)16-8-10-20-15-18-17-14-7-2-3-9-19(14)15/h2-7,9,11,16H,8,10H2,1H3. The summed E-state index contributed by atoms with van der Waals surface area (Å²) in [5, 5.41) is 12.7. The number of benzene rings is 1. The fourth-order valence-corrected chi connectivity index (χ4v) is 2.79. The van der Waals surface area contributed by atoms with Crippen LogP contribution in [0.3, 0.4) is 0 Å². The first-order valence-corrected chi connectivity index (χ1v) is 7.54. The summed E-state index contributed by atoms with van der Waals surface area (Å²) in [7, 11) is 0. The lowest BCUT2D eigenvalue weighted by atomic mass is 10.2. The Labute approximate surface area is 122 Å². The summed E-state index contributed by atoms with van der Waals surface area (Å²) in [6.07, 6.45) is 1.99. The van der Waals surface area contributed by atoms with Crippen LogP contribution in [-0.2, 0) is 0 Å². The van der Waals surface area contributed by atoms with Gasteiger partial charge in [0.05, 0.1) is 0 Å². The number of fused-ring (bicyclic) bond motifs is 1. The Hall–Kier alpha value is -2.01. The van der Waals surface area contributed by atoms with E-state index < -0.39 is 0 Å². The van der Waals surface area contributed by atoms with Crippen LogP contribution < -0.4 is 5.32 Å². The van der Waals surface area contributed by atoms with Gasteiger partial charge in [0, 0.05) is 24.2 Å². The quantitative estimate of drug-likeness (QED) is 0.577. The summed E-state index contributed by atoms with van der Waals surface area (Å²) in [5.41, 5.74) is 3.32. The van der Waals surface area contributed by atoms with Crippen LogP contribution in [0.2, 0.25) is 0 Å². The highest BCUT2D eigenvalue weighted by atomic mass is 32.2. The Morgan fingerprint density at radius 1 is 1.15 bits per heavy atom. The predicted molar refractivity (Wildman–Crippen MR) is 83.4 cm³/mol. The van der Waals surface area contributed by atoms with Crippen LogP contribution in [0, 0.1) is 6.92 Å². The summed E-state index contributed by atoms with van der Waals surface area (Å²) in [6, 6.07) is 14.3. The number of hydrogen-bond acceptors (Lipinski definition) is 4. The van der Waals surface area contributed by atoms with E-state index >= 15 is 0 Å². The lowest BCUT2D eigenvalue weighted by Crippen LogP contribution is -2.04. The fourth-order valence-electron chi connectivity index (χ4n) is 2.01. The molecule has 102 valence electrons. The summed E-state index contributed by atoms with van der Waals surface area (Å²) < 4.78 is 2.01. The third-order valence-corrected chi connectivity index (χ3v) is 3.91. The van der Waals surface area contributed by atoms with Crippen molar-refractivity contribution in [1.82, 2.24) is 14.6 Å². The molecule has 1 N–H and O–H groups in total. The molecule has 5 heteroatoms. The molecule has 2 heterocycles. The van der Waals surface area contributed by atoms with Gasteiger partial charge in [0.25, 0.3) is 0 Å². The van der Waals surface area contributed by atoms with E-state index in [1.807, 2.05) is 28.8 Å². The van der Waals surface area contributed by atoms with Crippen LogP contribution in [0.5, 0.6) is 0 Å². The maximum Gasteiger partial charge on any atom is 0.195 e. The molecule has 2 aromatic heterocycles. The summed E-state index contributed by atoms with van der Waals surface area (Å²) in [4.78, 5) is 0. The number of aromatic nitrogens is 3. The van der Waals surface area contributed by atoms with Crippen LogP contribution in [-0.4, -0.2) is 26.9 Å². The van der Waals surface area contributed by atoms with Crippen LogP contribution in [0.15, 0.2) is 53.8 Å². The van der Waals surface area contributed by atoms with Crippen LogP contribution in [0.4, 0.5) is 5.69 Å². The smallest absolute Gasteiger partial charge is 0.195 e. The lowest BCUT2D eigenvalue weighted by Gasteiger charge is -2.06. The molecule has 0 aliphatic rings. The monoisotopic (exact) mass is 284 g/mol. The normalized spacial score (nSPS) is 10.8. The van der Waals surface area contributed by atoms with Gasteiger partial charge in [0.15, 0.2) is 10.8 Å². The molecule has 0 saturated heterocycles. The molecule has 0 atom stereocenters. The summed E-state index contributed by atoms with van der Waals surface area (Å²) >= 11 is 1.71. The van der Waals surface area contributed by atoms with Gasteiger partial charge in [-0.15, -0.1) is 10.2 Å². The summed E-state index contributed by atoms with van der Waals surface area (Å²) in [5.74, 6) is 0.948. The highest BCUT2D eigenvalue weighted by Crippen LogP contribution is 2.16. The van der Waals surface area contributed by atoms with Gasteiger partial charge in [-0.1, -0.05) is 30.0 Å². The number of aryl methyl sites for hydroxylation is 1. The predicted octanol–water partition coefficient (Wildman–Crippen LogP) is 3.24. The molecular weight excluding hydrogens is 268 g/mol. The minimum absolute atomic E-state index is 0.890. The van der Waals surface area contributed by atoms with E-state index in [0.717, 1.165) is 28.8 Å². The van der Waals surface area contributed by atoms with E-state index in [1.54, 1.807) is 11.8 Å². The lowest BCUT2D eigenvalue weighted by molar-refractivity contribution is 0.921. The second kappa shape index (κ2) is 5.96. The van der Waals surface area contributed by atoms with Crippen LogP contribution in [0.1, 0.15) is 5.56 Å². The zero-order valence-electron chi connectivity index (χ0n) is 11.3. The van der Waals surface area contributed by atoms with E-state index in [9.17, 15) is 0 Å². The third kappa shape index (κ3) is 2.93. The Morgan fingerprint density at radius 2 is 2.10 bits per heavy atom. The van der Waals surface area contributed by atoms with Crippen molar-refractivity contribution in [1.29, 1.82) is 0 Å². The molecular formula is C15H16N4S. The highest BCUT2D eigenvalue weighted by molar-refractivity contribution is 7.99. The topological polar surface area (TPSA) is 42.2 Å². The third-order valence-electron chi connectivity index (χ3n) is 2.96. The maximum absolute atomic E-state index is 4.20. The Morgan fingerprint density at radius 3 is 3.00 bits per heavy atom. The largest absolute Gasteiger partial charge is 0.384 e. The number of rotatable bonds is 5. The SMILES string of the molecule is Cc1cccc(NCCSc2nnc3ccccn23)c1. The average Bonchev–Trinajstić information content (AvgIpc) is 2.87. The first-order chi connectivity index (χ1) is 9.83. The van der Waals surface area contributed by atoms with Crippen molar-refractivity contribution in [3.63, 3.8) is 0 Å². The Bertz CT molecular complexity index is 708. The highest BCUT2D eigenvalue weighted by Gasteiger charge is 2.04. The molecule has 0 bridgehead atoms. The first-order valence-electron chi connectivity index (χ1n) is 6.56. The van der Waals surface area contributed by atoms with Crippen molar-refractivity contribution in [2.45, 2.75) is 12.1 Å². The van der Waals surface area contributed by atoms with Gasteiger partial charge in [-0.3, -0.25) is 4.40 Å². The molecule has 0 aliphatic carbocycles. The number of hydrogen-bond donors (Lipinski definition) is 1. The van der Waals surface area contributed by atoms with E-state index in [2.05, 4.69) is 46.7 Å². The molecule has 0 fully saturated rings. The zero-order valence-corrected chi connectivity index (χ0v) is 12.1. The van der Waals surface area contributed by atoms with Gasteiger partial charge in [0.1, 0.15) is 0 Å². The minimum Gasteiger partial charge on any atom is -0.384 e. The van der Waals surface area contributed by atoms with Crippen molar-refractivity contribution >= 4 is 23.1 Å². The van der Waals surface area contributed by atoms with E-state index in [-0.39, 0.29) is 0 Å². The number of anilines is 1. The molecule has 1 aromatic carbocycles. The second-order valence-electron chi connectivity index (χ2n) is 4.56. The molecule has 3 aromatic rings. The first kappa shape index (κ1) is 13.0. The number of nitrogens with one attached hydrogen (secondary N) is 1. The molecule has 4 nitrogen and oxygen atoms in total. The van der Waals surface area contributed by atoms with E-state index in [1.165, 1.54) is 5.56 Å². The molecule has 0 radical (unpaired) electrons. The van der Waals surface area contributed by atoms with Gasteiger partial charge in [-0.05, 0) is 36.8 Å². The zero-order chi connectivity index (χ0) is 13.8. The molecule has 0 aliphatic heterocycles. The summed E-state index contributed by atoms with van der Waals surface area (Å²) in [6.45, 7) is 3.00. The Kier molecular flexibility index (Phi) is 3.87. The van der Waals surface area contributed by atoms with E-state index in [0.29, 0.717) is 0 Å². The van der Waals surface area contributed by atoms with Crippen molar-refractivity contribution in [3.8, 4) is 0 Å². The minimum atomic E-state index is 0.890. The molecule has 0 unspecified atom stereocenters. The fraction of sp³-hybridized carbons (Fsp3) is 0.200. The van der Waals surface area contributed by atoms with E-state index in [4.69, 9.17) is 0 Å². The molecule has 3 rings (SSSR count). The van der Waals surface area contributed by atoms with Crippen molar-refractivity contribution in [3.05, 3.63) is 54.2 Å². The maximum atomic E-state index is 4.20. The van der Waals surface area contributed by atoms with Gasteiger partial charge < -0.3 is 5.32 Å². The van der Waals surface area contributed by atoms with Gasteiger partial charge in [-0.2, -0.15) is 0 Å². The molecule has 20 heavy (non-hydrogen) atoms.